The number of hydrogen-bond acceptors (Lipinski definition) is 6. The molecule has 9 rings (SSSR count). The molecule has 4 aromatic carbocycles. The van der Waals surface area contributed by atoms with Gasteiger partial charge in [-0.05, 0) is 73.5 Å². The van der Waals surface area contributed by atoms with E-state index in [1.54, 1.807) is 22.7 Å². The highest BCUT2D eigenvalue weighted by molar-refractivity contribution is 7.13. The van der Waals surface area contributed by atoms with Crippen LogP contribution in [0.2, 0.25) is 0 Å². The average Bonchev–Trinajstić information content (AvgIpc) is 3.94. The van der Waals surface area contributed by atoms with Crippen LogP contribution in [0.3, 0.4) is 0 Å². The Kier molecular flexibility index (Phi) is 8.24. The molecule has 0 saturated heterocycles. The SMILES string of the molecule is CC(c1ccccc1/C(=C1/C=CC=CC1)c1ccc(-c2cncs2)nc1)c1c2ccccc2c(-c2ccc(-c3cncs3)nc2)c2ccccc12. The number of aromatic nitrogens is 4. The van der Waals surface area contributed by atoms with Crippen LogP contribution in [-0.2, 0) is 0 Å². The highest BCUT2D eigenvalue weighted by Gasteiger charge is 2.24. The molecule has 1 atom stereocenters. The molecule has 8 aromatic rings. The number of pyridine rings is 2. The molecule has 4 nitrogen and oxygen atoms in total. The Balaban J connectivity index is 1.22. The number of thiazole rings is 2. The molecule has 0 N–H and O–H groups in total. The van der Waals surface area contributed by atoms with E-state index in [0.29, 0.717) is 0 Å². The number of allylic oxidation sites excluding steroid dienone is 5. The normalized spacial score (nSPS) is 14.3. The lowest BCUT2D eigenvalue weighted by molar-refractivity contribution is 0.937. The van der Waals surface area contributed by atoms with Gasteiger partial charge in [0.2, 0.25) is 0 Å². The van der Waals surface area contributed by atoms with Crippen molar-refractivity contribution in [1.29, 1.82) is 0 Å². The molecule has 1 unspecified atom stereocenters. The van der Waals surface area contributed by atoms with Crippen LogP contribution >= 0.6 is 22.7 Å². The van der Waals surface area contributed by atoms with Crippen molar-refractivity contribution < 1.29 is 0 Å². The van der Waals surface area contributed by atoms with E-state index < -0.39 is 0 Å². The van der Waals surface area contributed by atoms with Gasteiger partial charge in [0.1, 0.15) is 0 Å². The van der Waals surface area contributed by atoms with Crippen LogP contribution in [0.4, 0.5) is 0 Å². The molecule has 1 aliphatic carbocycles. The molecule has 244 valence electrons. The van der Waals surface area contributed by atoms with Gasteiger partial charge in [0, 0.05) is 41.8 Å². The zero-order chi connectivity index (χ0) is 34.1. The van der Waals surface area contributed by atoms with E-state index in [0.717, 1.165) is 38.7 Å². The molecule has 51 heavy (non-hydrogen) atoms. The van der Waals surface area contributed by atoms with Gasteiger partial charge in [0.15, 0.2) is 0 Å². The van der Waals surface area contributed by atoms with Crippen molar-refractivity contribution in [2.24, 2.45) is 0 Å². The molecule has 1 aliphatic rings. The second kappa shape index (κ2) is 13.5. The number of fused-ring (bicyclic) bond motifs is 2. The van der Waals surface area contributed by atoms with Gasteiger partial charge >= 0.3 is 0 Å². The first-order chi connectivity index (χ1) is 25.2. The fourth-order valence-electron chi connectivity index (χ4n) is 7.47. The topological polar surface area (TPSA) is 51.6 Å². The van der Waals surface area contributed by atoms with Crippen LogP contribution in [0.15, 0.2) is 163 Å². The number of hydrogen-bond donors (Lipinski definition) is 0. The summed E-state index contributed by atoms with van der Waals surface area (Å²) in [4.78, 5) is 20.5. The second-order valence-corrected chi connectivity index (χ2v) is 14.4. The molecule has 4 aromatic heterocycles. The minimum Gasteiger partial charge on any atom is -0.255 e. The van der Waals surface area contributed by atoms with Gasteiger partial charge in [0.05, 0.1) is 32.2 Å². The van der Waals surface area contributed by atoms with E-state index >= 15 is 0 Å². The number of nitrogens with zero attached hydrogens (tertiary/aromatic N) is 4. The zero-order valence-electron chi connectivity index (χ0n) is 27.9. The van der Waals surface area contributed by atoms with E-state index in [4.69, 9.17) is 9.97 Å². The van der Waals surface area contributed by atoms with Gasteiger partial charge in [-0.2, -0.15) is 0 Å². The number of rotatable bonds is 7. The summed E-state index contributed by atoms with van der Waals surface area (Å²) < 4.78 is 0. The highest BCUT2D eigenvalue weighted by Crippen LogP contribution is 2.45. The Labute approximate surface area is 304 Å². The third-order valence-corrected chi connectivity index (χ3v) is 11.4. The lowest BCUT2D eigenvalue weighted by atomic mass is 9.78. The molecule has 4 heterocycles. The van der Waals surface area contributed by atoms with Crippen LogP contribution in [-0.4, -0.2) is 19.9 Å². The van der Waals surface area contributed by atoms with Crippen molar-refractivity contribution >= 4 is 49.8 Å². The fraction of sp³-hybridized carbons (Fsp3) is 0.0667. The van der Waals surface area contributed by atoms with Gasteiger partial charge < -0.3 is 0 Å². The summed E-state index contributed by atoms with van der Waals surface area (Å²) >= 11 is 3.22. The first-order valence-corrected chi connectivity index (χ1v) is 18.8. The predicted molar refractivity (Wildman–Crippen MR) is 214 cm³/mol. The summed E-state index contributed by atoms with van der Waals surface area (Å²) in [6.45, 7) is 2.36. The lowest BCUT2D eigenvalue weighted by Gasteiger charge is -2.25. The van der Waals surface area contributed by atoms with Gasteiger partial charge in [-0.3, -0.25) is 19.9 Å². The maximum absolute atomic E-state index is 4.92. The first-order valence-electron chi connectivity index (χ1n) is 17.0. The third-order valence-electron chi connectivity index (χ3n) is 9.78. The molecule has 0 saturated carbocycles. The van der Waals surface area contributed by atoms with E-state index in [1.807, 2.05) is 35.8 Å². The summed E-state index contributed by atoms with van der Waals surface area (Å²) in [5.41, 5.74) is 15.4. The van der Waals surface area contributed by atoms with Crippen LogP contribution in [0.25, 0.3) is 59.4 Å². The lowest BCUT2D eigenvalue weighted by Crippen LogP contribution is -2.06. The van der Waals surface area contributed by atoms with Crippen molar-refractivity contribution in [3.8, 4) is 32.3 Å². The first kappa shape index (κ1) is 31.2. The van der Waals surface area contributed by atoms with Crippen LogP contribution in [0, 0.1) is 0 Å². The second-order valence-electron chi connectivity index (χ2n) is 12.7. The van der Waals surface area contributed by atoms with Crippen molar-refractivity contribution in [3.63, 3.8) is 0 Å². The zero-order valence-corrected chi connectivity index (χ0v) is 29.5. The minimum absolute atomic E-state index is 0.0833. The molecule has 6 heteroatoms. The van der Waals surface area contributed by atoms with E-state index in [2.05, 4.69) is 138 Å². The van der Waals surface area contributed by atoms with Crippen molar-refractivity contribution in [2.75, 3.05) is 0 Å². The van der Waals surface area contributed by atoms with E-state index in [1.165, 1.54) is 54.9 Å². The van der Waals surface area contributed by atoms with Crippen molar-refractivity contribution in [1.82, 2.24) is 19.9 Å². The molecule has 0 spiro atoms. The molecular weight excluding hydrogens is 661 g/mol. The van der Waals surface area contributed by atoms with Crippen LogP contribution in [0.5, 0.6) is 0 Å². The van der Waals surface area contributed by atoms with E-state index in [9.17, 15) is 0 Å². The minimum atomic E-state index is 0.0833. The van der Waals surface area contributed by atoms with Crippen LogP contribution in [0.1, 0.15) is 41.5 Å². The molecule has 0 aliphatic heterocycles. The Hall–Kier alpha value is -5.82. The smallest absolute Gasteiger partial charge is 0.0818 e. The third kappa shape index (κ3) is 5.72. The largest absolute Gasteiger partial charge is 0.255 e. The molecule has 0 fully saturated rings. The molecular formula is C45H32N4S2. The Morgan fingerprint density at radius 2 is 1.25 bits per heavy atom. The maximum atomic E-state index is 4.92. The van der Waals surface area contributed by atoms with Crippen LogP contribution < -0.4 is 0 Å². The number of benzene rings is 4. The quantitative estimate of drug-likeness (QED) is 0.156. The predicted octanol–water partition coefficient (Wildman–Crippen LogP) is 12.2. The Bertz CT molecular complexity index is 2540. The summed E-state index contributed by atoms with van der Waals surface area (Å²) in [7, 11) is 0. The summed E-state index contributed by atoms with van der Waals surface area (Å²) in [6, 6.07) is 35.3. The summed E-state index contributed by atoms with van der Waals surface area (Å²) in [5, 5.41) is 4.96. The maximum Gasteiger partial charge on any atom is 0.0818 e. The van der Waals surface area contributed by atoms with Crippen molar-refractivity contribution in [2.45, 2.75) is 19.3 Å². The Morgan fingerprint density at radius 1 is 0.627 bits per heavy atom. The molecule has 0 radical (unpaired) electrons. The standard InChI is InChI=1S/C45H32N4S2/c1-29(33-13-5-6-14-34(33)44(30-11-3-2-4-12-30)31-19-21-39(48-23-31)41-25-46-27-50-41)43-35-15-7-9-17-37(35)45(38-18-10-8-16-36(38)43)32-20-22-40(49-24-32)42-26-47-28-51-42/h2-11,13-29H,12H2,1H3/b44-30-. The van der Waals surface area contributed by atoms with Gasteiger partial charge in [-0.25, -0.2) is 0 Å². The van der Waals surface area contributed by atoms with Crippen molar-refractivity contribution in [3.05, 3.63) is 185 Å². The fourth-order valence-corrected chi connectivity index (χ4v) is 8.67. The van der Waals surface area contributed by atoms with Gasteiger partial charge in [-0.15, -0.1) is 22.7 Å². The summed E-state index contributed by atoms with van der Waals surface area (Å²) in [5.74, 6) is 0.0833. The average molecular weight is 693 g/mol. The Morgan fingerprint density at radius 3 is 1.82 bits per heavy atom. The highest BCUT2D eigenvalue weighted by atomic mass is 32.1. The molecule has 0 amide bonds. The monoisotopic (exact) mass is 692 g/mol. The molecule has 0 bridgehead atoms. The summed E-state index contributed by atoms with van der Waals surface area (Å²) in [6.07, 6.45) is 17.4. The van der Waals surface area contributed by atoms with Gasteiger partial charge in [-0.1, -0.05) is 116 Å². The van der Waals surface area contributed by atoms with Gasteiger partial charge in [0.25, 0.3) is 0 Å². The van der Waals surface area contributed by atoms with E-state index in [-0.39, 0.29) is 5.92 Å².